The molecule has 1 amide bonds. The molecule has 5 nitrogen and oxygen atoms in total. The van der Waals surface area contributed by atoms with Gasteiger partial charge in [0.1, 0.15) is 0 Å². The molecule has 0 spiro atoms. The Kier molecular flexibility index (Phi) is 8.27. The maximum Gasteiger partial charge on any atom is 0.247 e. The smallest absolute Gasteiger partial charge is 0.247 e. The van der Waals surface area contributed by atoms with Gasteiger partial charge in [-0.2, -0.15) is 0 Å². The highest BCUT2D eigenvalue weighted by Gasteiger charge is 2.17. The van der Waals surface area contributed by atoms with Crippen LogP contribution in [0.1, 0.15) is 20.3 Å². The number of hydroxylamine groups is 1. The summed E-state index contributed by atoms with van der Waals surface area (Å²) >= 11 is 0. The van der Waals surface area contributed by atoms with Crippen LogP contribution >= 0.6 is 0 Å². The van der Waals surface area contributed by atoms with Gasteiger partial charge in [-0.05, 0) is 12.3 Å². The van der Waals surface area contributed by atoms with Gasteiger partial charge in [0, 0.05) is 13.7 Å². The van der Waals surface area contributed by atoms with E-state index in [1.54, 1.807) is 7.11 Å². The zero-order valence-electron chi connectivity index (χ0n) is 9.79. The van der Waals surface area contributed by atoms with Gasteiger partial charge in [-0.15, -0.1) is 0 Å². The average molecular weight is 218 g/mol. The lowest BCUT2D eigenvalue weighted by Gasteiger charge is -2.16. The van der Waals surface area contributed by atoms with E-state index in [1.807, 2.05) is 0 Å². The molecule has 0 aromatic rings. The molecule has 0 aliphatic heterocycles. The van der Waals surface area contributed by atoms with Crippen molar-refractivity contribution in [2.45, 2.75) is 20.3 Å². The number of nitrogens with two attached hydrogens (primary N) is 1. The molecule has 0 heterocycles. The van der Waals surface area contributed by atoms with Crippen LogP contribution < -0.4 is 11.2 Å². The molecule has 0 saturated carbocycles. The lowest BCUT2D eigenvalue weighted by atomic mass is 9.97. The number of carbonyl (C=O) groups is 1. The molecule has 0 rings (SSSR count). The highest BCUT2D eigenvalue weighted by molar-refractivity contribution is 5.77. The molecule has 3 N–H and O–H groups in total. The number of ether oxygens (including phenoxy) is 1. The van der Waals surface area contributed by atoms with Gasteiger partial charge < -0.3 is 10.5 Å². The maximum atomic E-state index is 11.5. The van der Waals surface area contributed by atoms with Gasteiger partial charge in [0.2, 0.25) is 5.91 Å². The first-order valence-corrected chi connectivity index (χ1v) is 5.22. The number of carbonyl (C=O) groups excluding carboxylic acids is 1. The van der Waals surface area contributed by atoms with Crippen molar-refractivity contribution in [1.29, 1.82) is 0 Å². The van der Waals surface area contributed by atoms with E-state index >= 15 is 0 Å². The van der Waals surface area contributed by atoms with Crippen molar-refractivity contribution >= 4 is 5.91 Å². The predicted octanol–water partition coefficient (Wildman–Crippen LogP) is 0.302. The first-order valence-electron chi connectivity index (χ1n) is 5.22. The first kappa shape index (κ1) is 14.3. The van der Waals surface area contributed by atoms with E-state index < -0.39 is 0 Å². The zero-order valence-corrected chi connectivity index (χ0v) is 9.79. The number of hydrogen-bond acceptors (Lipinski definition) is 4. The molecular weight excluding hydrogens is 196 g/mol. The SMILES string of the molecule is COCCONC(=O)C(CN)CC(C)C. The summed E-state index contributed by atoms with van der Waals surface area (Å²) in [6.07, 6.45) is 0.774. The van der Waals surface area contributed by atoms with Gasteiger partial charge in [-0.25, -0.2) is 5.48 Å². The van der Waals surface area contributed by atoms with E-state index in [9.17, 15) is 4.79 Å². The van der Waals surface area contributed by atoms with Crippen LogP contribution in [0.2, 0.25) is 0 Å². The summed E-state index contributed by atoms with van der Waals surface area (Å²) in [7, 11) is 1.58. The van der Waals surface area contributed by atoms with Crippen molar-refractivity contribution in [3.8, 4) is 0 Å². The Hall–Kier alpha value is -0.650. The average Bonchev–Trinajstić information content (AvgIpc) is 2.20. The number of hydrogen-bond donors (Lipinski definition) is 2. The van der Waals surface area contributed by atoms with E-state index in [1.165, 1.54) is 0 Å². The van der Waals surface area contributed by atoms with Crippen LogP contribution in [0.15, 0.2) is 0 Å². The Morgan fingerprint density at radius 3 is 2.53 bits per heavy atom. The van der Waals surface area contributed by atoms with Crippen LogP contribution in [-0.2, 0) is 14.4 Å². The van der Waals surface area contributed by atoms with Gasteiger partial charge in [0.15, 0.2) is 0 Å². The van der Waals surface area contributed by atoms with Crippen molar-refractivity contribution in [3.63, 3.8) is 0 Å². The largest absolute Gasteiger partial charge is 0.382 e. The number of amides is 1. The second kappa shape index (κ2) is 8.64. The van der Waals surface area contributed by atoms with Crippen molar-refractivity contribution in [2.24, 2.45) is 17.6 Å². The molecule has 1 atom stereocenters. The molecule has 0 aliphatic carbocycles. The molecule has 0 saturated heterocycles. The third kappa shape index (κ3) is 7.30. The molecule has 90 valence electrons. The summed E-state index contributed by atoms with van der Waals surface area (Å²) in [5.74, 6) is 0.123. The summed E-state index contributed by atoms with van der Waals surface area (Å²) in [6, 6.07) is 0. The van der Waals surface area contributed by atoms with E-state index in [0.717, 1.165) is 6.42 Å². The lowest BCUT2D eigenvalue weighted by molar-refractivity contribution is -0.139. The third-order valence-corrected chi connectivity index (χ3v) is 1.97. The summed E-state index contributed by atoms with van der Waals surface area (Å²) in [6.45, 7) is 5.26. The summed E-state index contributed by atoms with van der Waals surface area (Å²) in [5.41, 5.74) is 7.89. The van der Waals surface area contributed by atoms with E-state index in [-0.39, 0.29) is 11.8 Å². The van der Waals surface area contributed by atoms with Gasteiger partial charge in [-0.1, -0.05) is 13.8 Å². The highest BCUT2D eigenvalue weighted by Crippen LogP contribution is 2.10. The van der Waals surface area contributed by atoms with Crippen LogP contribution in [0.5, 0.6) is 0 Å². The molecule has 0 aromatic carbocycles. The van der Waals surface area contributed by atoms with Crippen molar-refractivity contribution < 1.29 is 14.4 Å². The van der Waals surface area contributed by atoms with Gasteiger partial charge in [0.05, 0.1) is 19.1 Å². The molecule has 1 unspecified atom stereocenters. The van der Waals surface area contributed by atoms with Crippen molar-refractivity contribution in [2.75, 3.05) is 26.9 Å². The number of methoxy groups -OCH3 is 1. The summed E-state index contributed by atoms with van der Waals surface area (Å²) in [5, 5.41) is 0. The van der Waals surface area contributed by atoms with Gasteiger partial charge in [-0.3, -0.25) is 9.63 Å². The maximum absolute atomic E-state index is 11.5. The fourth-order valence-corrected chi connectivity index (χ4v) is 1.21. The van der Waals surface area contributed by atoms with Crippen molar-refractivity contribution in [3.05, 3.63) is 0 Å². The first-order chi connectivity index (χ1) is 7.11. The van der Waals surface area contributed by atoms with Crippen LogP contribution in [-0.4, -0.2) is 32.8 Å². The normalized spacial score (nSPS) is 12.9. The Labute approximate surface area is 91.3 Å². The molecule has 0 radical (unpaired) electrons. The van der Waals surface area contributed by atoms with Crippen molar-refractivity contribution in [1.82, 2.24) is 5.48 Å². The Bertz CT molecular complexity index is 174. The fourth-order valence-electron chi connectivity index (χ4n) is 1.21. The minimum Gasteiger partial charge on any atom is -0.382 e. The molecule has 0 aromatic heterocycles. The topological polar surface area (TPSA) is 73.6 Å². The van der Waals surface area contributed by atoms with E-state index in [4.69, 9.17) is 15.3 Å². The monoisotopic (exact) mass is 218 g/mol. The van der Waals surface area contributed by atoms with E-state index in [2.05, 4.69) is 19.3 Å². The van der Waals surface area contributed by atoms with Crippen LogP contribution in [0, 0.1) is 11.8 Å². The van der Waals surface area contributed by atoms with Crippen LogP contribution in [0.4, 0.5) is 0 Å². The Morgan fingerprint density at radius 1 is 1.40 bits per heavy atom. The van der Waals surface area contributed by atoms with Gasteiger partial charge in [0.25, 0.3) is 0 Å². The zero-order chi connectivity index (χ0) is 11.7. The summed E-state index contributed by atoms with van der Waals surface area (Å²) in [4.78, 5) is 16.4. The summed E-state index contributed by atoms with van der Waals surface area (Å²) < 4.78 is 4.77. The lowest BCUT2D eigenvalue weighted by Crippen LogP contribution is -2.36. The minimum atomic E-state index is -0.174. The molecule has 5 heteroatoms. The third-order valence-electron chi connectivity index (χ3n) is 1.97. The van der Waals surface area contributed by atoms with E-state index in [0.29, 0.717) is 25.7 Å². The molecule has 0 aliphatic rings. The molecule has 15 heavy (non-hydrogen) atoms. The highest BCUT2D eigenvalue weighted by atomic mass is 16.7. The molecular formula is C10H22N2O3. The standard InChI is InChI=1S/C10H22N2O3/c1-8(2)6-9(7-11)10(13)12-15-5-4-14-3/h8-9H,4-7,11H2,1-3H3,(H,12,13). The van der Waals surface area contributed by atoms with Gasteiger partial charge >= 0.3 is 0 Å². The minimum absolute atomic E-state index is 0.151. The number of nitrogens with one attached hydrogen (secondary N) is 1. The van der Waals surface area contributed by atoms with Crippen LogP contribution in [0.25, 0.3) is 0 Å². The quantitative estimate of drug-likeness (QED) is 0.454. The fraction of sp³-hybridized carbons (Fsp3) is 0.900. The van der Waals surface area contributed by atoms with Crippen LogP contribution in [0.3, 0.4) is 0 Å². The second-order valence-corrected chi connectivity index (χ2v) is 3.87. The Morgan fingerprint density at radius 2 is 2.07 bits per heavy atom. The molecule has 0 fully saturated rings. The molecule has 0 bridgehead atoms. The number of rotatable bonds is 8. The Balaban J connectivity index is 3.73. The predicted molar refractivity (Wildman–Crippen MR) is 58.0 cm³/mol. The second-order valence-electron chi connectivity index (χ2n) is 3.87.